The summed E-state index contributed by atoms with van der Waals surface area (Å²) in [5, 5.41) is 8.38. The zero-order chi connectivity index (χ0) is 8.91. The van der Waals surface area contributed by atoms with E-state index in [1.807, 2.05) is 0 Å². The Hall–Kier alpha value is -1.08. The van der Waals surface area contributed by atoms with Gasteiger partial charge in [-0.15, -0.1) is 0 Å². The topological polar surface area (TPSA) is 57.9 Å². The third-order valence-electron chi connectivity index (χ3n) is 1.09. The Balaban J connectivity index is 5.00. The number of hydrogen-bond donors (Lipinski definition) is 0. The number of rotatable bonds is 3. The molecule has 0 heterocycles. The van der Waals surface area contributed by atoms with Gasteiger partial charge in [-0.3, -0.25) is 0 Å². The number of nitrogens with zero attached hydrogens (tertiary/aromatic N) is 1. The normalized spacial score (nSPS) is 12.2. The van der Waals surface area contributed by atoms with Crippen molar-refractivity contribution in [2.75, 3.05) is 5.75 Å². The van der Waals surface area contributed by atoms with Gasteiger partial charge in [0.25, 0.3) is 0 Å². The van der Waals surface area contributed by atoms with Crippen molar-refractivity contribution < 1.29 is 8.42 Å². The zero-order valence-electron chi connectivity index (χ0n) is 6.24. The highest BCUT2D eigenvalue weighted by atomic mass is 32.2. The summed E-state index contributed by atoms with van der Waals surface area (Å²) in [6.45, 7) is 4.79. The van der Waals surface area contributed by atoms with Gasteiger partial charge >= 0.3 is 0 Å². The Kier molecular flexibility index (Phi) is 3.55. The van der Waals surface area contributed by atoms with Crippen molar-refractivity contribution in [3.63, 3.8) is 0 Å². The van der Waals surface area contributed by atoms with E-state index in [9.17, 15) is 8.42 Å². The molecule has 0 aliphatic rings. The summed E-state index contributed by atoms with van der Waals surface area (Å²) in [6, 6.07) is 1.60. The van der Waals surface area contributed by atoms with Gasteiger partial charge in [-0.1, -0.05) is 19.6 Å². The summed E-state index contributed by atoms with van der Waals surface area (Å²) in [5.41, 5.74) is 0. The van der Waals surface area contributed by atoms with E-state index in [0.29, 0.717) is 0 Å². The lowest BCUT2D eigenvalue weighted by molar-refractivity contribution is 0.604. The fraction of sp³-hybridized carbons (Fsp3) is 0.286. The molecule has 0 aliphatic heterocycles. The van der Waals surface area contributed by atoms with Gasteiger partial charge in [0.15, 0.2) is 9.84 Å². The van der Waals surface area contributed by atoms with Crippen LogP contribution in [-0.4, -0.2) is 14.2 Å². The second kappa shape index (κ2) is 3.94. The quantitative estimate of drug-likeness (QED) is 0.470. The molecule has 0 saturated carbocycles. The van der Waals surface area contributed by atoms with Crippen LogP contribution in [0, 0.1) is 11.3 Å². The first-order chi connectivity index (χ1) is 5.08. The first-order valence-electron chi connectivity index (χ1n) is 3.04. The van der Waals surface area contributed by atoms with Crippen LogP contribution in [0.2, 0.25) is 0 Å². The largest absolute Gasteiger partial charge is 0.223 e. The third kappa shape index (κ3) is 2.56. The van der Waals surface area contributed by atoms with Crippen LogP contribution in [0.15, 0.2) is 23.6 Å². The third-order valence-corrected chi connectivity index (χ3v) is 2.75. The van der Waals surface area contributed by atoms with Crippen molar-refractivity contribution in [1.82, 2.24) is 0 Å². The highest BCUT2D eigenvalue weighted by Gasteiger charge is 2.12. The molecule has 0 atom stereocenters. The van der Waals surface area contributed by atoms with Crippen molar-refractivity contribution in [1.29, 1.82) is 5.26 Å². The molecule has 4 heteroatoms. The fourth-order valence-corrected chi connectivity index (χ4v) is 1.23. The number of hydrogen-bond acceptors (Lipinski definition) is 3. The van der Waals surface area contributed by atoms with Crippen molar-refractivity contribution in [3.05, 3.63) is 23.6 Å². The van der Waals surface area contributed by atoms with Gasteiger partial charge in [0.2, 0.25) is 0 Å². The molecule has 60 valence electrons. The molecule has 3 nitrogen and oxygen atoms in total. The summed E-state index contributed by atoms with van der Waals surface area (Å²) < 4.78 is 22.0. The maximum atomic E-state index is 11.0. The minimum absolute atomic E-state index is 0.0553. The smallest absolute Gasteiger partial charge is 0.188 e. The molecule has 0 N–H and O–H groups in total. The lowest BCUT2D eigenvalue weighted by Crippen LogP contribution is -2.04. The average molecular weight is 171 g/mol. The number of nitriles is 1. The Bertz CT molecular complexity index is 306. The molecule has 0 aliphatic carbocycles. The molecule has 0 aromatic rings. The molecule has 0 aromatic heterocycles. The summed E-state index contributed by atoms with van der Waals surface area (Å²) >= 11 is 0. The maximum Gasteiger partial charge on any atom is 0.188 e. The summed E-state index contributed by atoms with van der Waals surface area (Å²) in [7, 11) is -3.34. The summed E-state index contributed by atoms with van der Waals surface area (Å²) in [4.78, 5) is -0.227. The Morgan fingerprint density at radius 1 is 1.73 bits per heavy atom. The summed E-state index contributed by atoms with van der Waals surface area (Å²) in [6.07, 6.45) is 2.48. The fourth-order valence-electron chi connectivity index (χ4n) is 0.473. The van der Waals surface area contributed by atoms with E-state index in [4.69, 9.17) is 5.26 Å². The lowest BCUT2D eigenvalue weighted by Gasteiger charge is -1.94. The first kappa shape index (κ1) is 9.92. The molecule has 0 fully saturated rings. The zero-order valence-corrected chi connectivity index (χ0v) is 7.06. The second-order valence-corrected chi connectivity index (χ2v) is 4.03. The molecule has 0 radical (unpaired) electrons. The minimum atomic E-state index is -3.34. The van der Waals surface area contributed by atoms with E-state index >= 15 is 0 Å². The molecular formula is C7H9NO2S. The van der Waals surface area contributed by atoms with E-state index in [2.05, 4.69) is 6.58 Å². The van der Waals surface area contributed by atoms with Crippen LogP contribution < -0.4 is 0 Å². The Morgan fingerprint density at radius 3 is 2.55 bits per heavy atom. The van der Waals surface area contributed by atoms with Crippen molar-refractivity contribution in [3.8, 4) is 6.07 Å². The monoisotopic (exact) mass is 171 g/mol. The molecule has 0 unspecified atom stereocenters. The van der Waals surface area contributed by atoms with E-state index in [1.165, 1.54) is 19.1 Å². The van der Waals surface area contributed by atoms with Gasteiger partial charge in [-0.2, -0.15) is 5.26 Å². The maximum absolute atomic E-state index is 11.0. The van der Waals surface area contributed by atoms with Gasteiger partial charge in [-0.05, 0) is 6.08 Å². The molecule has 0 rings (SSSR count). The Labute approximate surface area is 66.6 Å². The molecule has 0 spiro atoms. The van der Waals surface area contributed by atoms with Gasteiger partial charge in [0.05, 0.1) is 5.75 Å². The van der Waals surface area contributed by atoms with Crippen LogP contribution in [0.3, 0.4) is 0 Å². The van der Waals surface area contributed by atoms with E-state index in [-0.39, 0.29) is 10.7 Å². The van der Waals surface area contributed by atoms with E-state index < -0.39 is 9.84 Å². The number of sulfone groups is 1. The van der Waals surface area contributed by atoms with Gasteiger partial charge in [-0.25, -0.2) is 8.42 Å². The minimum Gasteiger partial charge on any atom is -0.223 e. The van der Waals surface area contributed by atoms with Crippen molar-refractivity contribution in [2.45, 2.75) is 6.92 Å². The molecular weight excluding hydrogens is 162 g/mol. The molecule has 0 aromatic carbocycles. The Morgan fingerprint density at radius 2 is 2.27 bits per heavy atom. The van der Waals surface area contributed by atoms with Crippen LogP contribution in [0.1, 0.15) is 6.92 Å². The van der Waals surface area contributed by atoms with Crippen LogP contribution in [0.4, 0.5) is 0 Å². The highest BCUT2D eigenvalue weighted by Crippen LogP contribution is 2.05. The van der Waals surface area contributed by atoms with E-state index in [1.54, 1.807) is 6.07 Å². The predicted molar refractivity (Wildman–Crippen MR) is 43.4 cm³/mol. The molecule has 0 saturated heterocycles. The van der Waals surface area contributed by atoms with E-state index in [0.717, 1.165) is 0 Å². The standard InChI is InChI=1S/C7H9NO2S/c1-3-5-7(6-8)11(9,10)4-2/h3,5H,1,4H2,2H3. The van der Waals surface area contributed by atoms with Crippen LogP contribution in [0.5, 0.6) is 0 Å². The molecule has 11 heavy (non-hydrogen) atoms. The SMILES string of the molecule is C=CC=C(C#N)S(=O)(=O)CC. The first-order valence-corrected chi connectivity index (χ1v) is 4.69. The van der Waals surface area contributed by atoms with Crippen molar-refractivity contribution >= 4 is 9.84 Å². The van der Waals surface area contributed by atoms with Gasteiger partial charge in [0.1, 0.15) is 11.0 Å². The predicted octanol–water partition coefficient (Wildman–Crippen LogP) is 1.01. The van der Waals surface area contributed by atoms with Crippen LogP contribution in [0.25, 0.3) is 0 Å². The van der Waals surface area contributed by atoms with Crippen molar-refractivity contribution in [2.24, 2.45) is 0 Å². The highest BCUT2D eigenvalue weighted by molar-refractivity contribution is 7.95. The molecule has 0 amide bonds. The lowest BCUT2D eigenvalue weighted by atomic mass is 10.5. The average Bonchev–Trinajstić information content (AvgIpc) is 2.00. The van der Waals surface area contributed by atoms with Gasteiger partial charge in [0, 0.05) is 0 Å². The molecule has 0 bridgehead atoms. The van der Waals surface area contributed by atoms with Crippen LogP contribution >= 0.6 is 0 Å². The second-order valence-electron chi connectivity index (χ2n) is 1.78. The van der Waals surface area contributed by atoms with Gasteiger partial charge < -0.3 is 0 Å². The van der Waals surface area contributed by atoms with Crippen LogP contribution in [-0.2, 0) is 9.84 Å². The number of allylic oxidation sites excluding steroid dienone is 3. The summed E-state index contributed by atoms with van der Waals surface area (Å²) in [5.74, 6) is -0.0553.